The molecule has 0 radical (unpaired) electrons. The van der Waals surface area contributed by atoms with Crippen molar-refractivity contribution >= 4 is 17.2 Å². The Morgan fingerprint density at radius 1 is 1.59 bits per heavy atom. The van der Waals surface area contributed by atoms with Crippen LogP contribution < -0.4 is 0 Å². The molecule has 2 atom stereocenters. The lowest BCUT2D eigenvalue weighted by Gasteiger charge is -2.37. The van der Waals surface area contributed by atoms with Gasteiger partial charge in [-0.2, -0.15) is 0 Å². The summed E-state index contributed by atoms with van der Waals surface area (Å²) in [5, 5.41) is 2.16. The van der Waals surface area contributed by atoms with Crippen LogP contribution in [0.2, 0.25) is 0 Å². The van der Waals surface area contributed by atoms with E-state index in [1.165, 1.54) is 10.4 Å². The predicted octanol–water partition coefficient (Wildman–Crippen LogP) is 3.63. The number of carbonyl (C=O) groups excluding carboxylic acids is 1. The number of nitrogens with zero attached hydrogens (tertiary/aromatic N) is 1. The predicted molar refractivity (Wildman–Crippen MR) is 72.2 cm³/mol. The van der Waals surface area contributed by atoms with E-state index < -0.39 is 0 Å². The quantitative estimate of drug-likeness (QED) is 0.803. The van der Waals surface area contributed by atoms with E-state index in [9.17, 15) is 4.79 Å². The summed E-state index contributed by atoms with van der Waals surface area (Å²) in [4.78, 5) is 15.9. The fraction of sp³-hybridized carbons (Fsp3) is 0.643. The molecule has 94 valence electrons. The average Bonchev–Trinajstić information content (AvgIpc) is 2.83. The Morgan fingerprint density at radius 3 is 3.00 bits per heavy atom. The largest absolute Gasteiger partial charge is 0.335 e. The summed E-state index contributed by atoms with van der Waals surface area (Å²) in [7, 11) is 0. The molecular weight excluding hydrogens is 230 g/mol. The fourth-order valence-corrected chi connectivity index (χ4v) is 3.49. The molecule has 1 aromatic rings. The molecule has 0 aliphatic carbocycles. The highest BCUT2D eigenvalue weighted by Gasteiger charge is 2.31. The van der Waals surface area contributed by atoms with Crippen molar-refractivity contribution in [3.05, 3.63) is 21.9 Å². The molecule has 0 N–H and O–H groups in total. The third-order valence-corrected chi connectivity index (χ3v) is 4.80. The molecule has 0 fully saturated rings. The van der Waals surface area contributed by atoms with Crippen molar-refractivity contribution in [1.29, 1.82) is 0 Å². The lowest BCUT2D eigenvalue weighted by atomic mass is 9.95. The standard InChI is InChI=1S/C14H21NOS/c1-4-10(3)14(16)15-8-6-13-11(7-9-17-13)12(15)5-2/h7,9-10,12H,4-6,8H2,1-3H3. The Morgan fingerprint density at radius 2 is 2.35 bits per heavy atom. The molecule has 1 amide bonds. The number of fused-ring (bicyclic) bond motifs is 1. The Bertz CT molecular complexity index is 399. The van der Waals surface area contributed by atoms with Crippen molar-refractivity contribution in [2.45, 2.75) is 46.1 Å². The van der Waals surface area contributed by atoms with Crippen LogP contribution in [-0.4, -0.2) is 17.4 Å². The molecule has 17 heavy (non-hydrogen) atoms. The van der Waals surface area contributed by atoms with Crippen LogP contribution >= 0.6 is 11.3 Å². The highest BCUT2D eigenvalue weighted by atomic mass is 32.1. The van der Waals surface area contributed by atoms with E-state index in [1.54, 1.807) is 0 Å². The van der Waals surface area contributed by atoms with Crippen molar-refractivity contribution < 1.29 is 4.79 Å². The third kappa shape index (κ3) is 2.25. The second kappa shape index (κ2) is 5.21. The van der Waals surface area contributed by atoms with E-state index in [-0.39, 0.29) is 5.92 Å². The summed E-state index contributed by atoms with van der Waals surface area (Å²) in [6, 6.07) is 2.51. The van der Waals surface area contributed by atoms with Gasteiger partial charge in [0.15, 0.2) is 0 Å². The minimum Gasteiger partial charge on any atom is -0.335 e. The number of carbonyl (C=O) groups is 1. The van der Waals surface area contributed by atoms with E-state index >= 15 is 0 Å². The van der Waals surface area contributed by atoms with Gasteiger partial charge in [-0.05, 0) is 36.3 Å². The van der Waals surface area contributed by atoms with E-state index in [0.29, 0.717) is 11.9 Å². The van der Waals surface area contributed by atoms with Gasteiger partial charge in [0.2, 0.25) is 5.91 Å². The molecule has 0 saturated heterocycles. The van der Waals surface area contributed by atoms with Crippen LogP contribution in [0.25, 0.3) is 0 Å². The minimum absolute atomic E-state index is 0.157. The van der Waals surface area contributed by atoms with Gasteiger partial charge in [0.1, 0.15) is 0 Å². The number of hydrogen-bond acceptors (Lipinski definition) is 2. The van der Waals surface area contributed by atoms with Gasteiger partial charge in [0.25, 0.3) is 0 Å². The first-order chi connectivity index (χ1) is 8.19. The highest BCUT2D eigenvalue weighted by Crippen LogP contribution is 2.36. The molecule has 1 aliphatic rings. The maximum atomic E-state index is 12.4. The SMILES string of the molecule is CCC(C)C(=O)N1CCc2sccc2C1CC. The first kappa shape index (κ1) is 12.6. The Labute approximate surface area is 108 Å². The Kier molecular flexibility index (Phi) is 3.87. The number of rotatable bonds is 3. The van der Waals surface area contributed by atoms with E-state index in [2.05, 4.69) is 30.2 Å². The summed E-state index contributed by atoms with van der Waals surface area (Å²) in [6.45, 7) is 7.20. The Balaban J connectivity index is 2.23. The molecule has 1 aliphatic heterocycles. The lowest BCUT2D eigenvalue weighted by Crippen LogP contribution is -2.41. The van der Waals surface area contributed by atoms with Crippen molar-refractivity contribution in [2.24, 2.45) is 5.92 Å². The number of thiophene rings is 1. The number of hydrogen-bond donors (Lipinski definition) is 0. The van der Waals surface area contributed by atoms with Crippen LogP contribution in [-0.2, 0) is 11.2 Å². The zero-order chi connectivity index (χ0) is 12.4. The lowest BCUT2D eigenvalue weighted by molar-refractivity contribution is -0.138. The van der Waals surface area contributed by atoms with Gasteiger partial charge in [-0.15, -0.1) is 11.3 Å². The van der Waals surface area contributed by atoms with Gasteiger partial charge in [0, 0.05) is 17.3 Å². The molecule has 2 nitrogen and oxygen atoms in total. The molecule has 1 aromatic heterocycles. The van der Waals surface area contributed by atoms with Crippen molar-refractivity contribution in [2.75, 3.05) is 6.54 Å². The smallest absolute Gasteiger partial charge is 0.225 e. The van der Waals surface area contributed by atoms with Gasteiger partial charge >= 0.3 is 0 Å². The minimum atomic E-state index is 0.157. The van der Waals surface area contributed by atoms with Crippen LogP contribution in [0.1, 0.15) is 50.1 Å². The van der Waals surface area contributed by atoms with Crippen LogP contribution in [0.3, 0.4) is 0 Å². The second-order valence-corrected chi connectivity index (χ2v) is 5.81. The maximum absolute atomic E-state index is 12.4. The molecule has 2 heterocycles. The third-order valence-electron chi connectivity index (χ3n) is 3.80. The molecule has 0 spiro atoms. The van der Waals surface area contributed by atoms with E-state index in [1.807, 2.05) is 18.3 Å². The van der Waals surface area contributed by atoms with Gasteiger partial charge in [-0.1, -0.05) is 20.8 Å². The van der Waals surface area contributed by atoms with Gasteiger partial charge in [-0.3, -0.25) is 4.79 Å². The summed E-state index contributed by atoms with van der Waals surface area (Å²) in [5.74, 6) is 0.487. The van der Waals surface area contributed by atoms with Crippen LogP contribution in [0, 0.1) is 5.92 Å². The van der Waals surface area contributed by atoms with Crippen molar-refractivity contribution in [3.63, 3.8) is 0 Å². The summed E-state index contributed by atoms with van der Waals surface area (Å²) < 4.78 is 0. The van der Waals surface area contributed by atoms with Crippen LogP contribution in [0.15, 0.2) is 11.4 Å². The fourth-order valence-electron chi connectivity index (χ4n) is 2.56. The van der Waals surface area contributed by atoms with Gasteiger partial charge in [-0.25, -0.2) is 0 Å². The first-order valence-corrected chi connectivity index (χ1v) is 7.43. The normalized spacial score (nSPS) is 21.1. The van der Waals surface area contributed by atoms with Crippen molar-refractivity contribution in [3.8, 4) is 0 Å². The maximum Gasteiger partial charge on any atom is 0.225 e. The van der Waals surface area contributed by atoms with Crippen LogP contribution in [0.4, 0.5) is 0 Å². The molecule has 2 unspecified atom stereocenters. The topological polar surface area (TPSA) is 20.3 Å². The van der Waals surface area contributed by atoms with E-state index in [0.717, 1.165) is 25.8 Å². The first-order valence-electron chi connectivity index (χ1n) is 6.55. The molecule has 0 bridgehead atoms. The molecule has 0 saturated carbocycles. The van der Waals surface area contributed by atoms with Gasteiger partial charge < -0.3 is 4.90 Å². The second-order valence-electron chi connectivity index (χ2n) is 4.81. The Hall–Kier alpha value is -0.830. The molecule has 3 heteroatoms. The van der Waals surface area contributed by atoms with E-state index in [4.69, 9.17) is 0 Å². The van der Waals surface area contributed by atoms with Gasteiger partial charge in [0.05, 0.1) is 6.04 Å². The molecular formula is C14H21NOS. The molecule has 0 aromatic carbocycles. The zero-order valence-electron chi connectivity index (χ0n) is 10.9. The average molecular weight is 251 g/mol. The monoisotopic (exact) mass is 251 g/mol. The van der Waals surface area contributed by atoms with Crippen LogP contribution in [0.5, 0.6) is 0 Å². The summed E-state index contributed by atoms with van der Waals surface area (Å²) in [6.07, 6.45) is 2.99. The summed E-state index contributed by atoms with van der Waals surface area (Å²) in [5.41, 5.74) is 1.39. The summed E-state index contributed by atoms with van der Waals surface area (Å²) >= 11 is 1.83. The molecule has 2 rings (SSSR count). The number of amides is 1. The zero-order valence-corrected chi connectivity index (χ0v) is 11.7. The highest BCUT2D eigenvalue weighted by molar-refractivity contribution is 7.10. The van der Waals surface area contributed by atoms with Crippen molar-refractivity contribution in [1.82, 2.24) is 4.90 Å².